The van der Waals surface area contributed by atoms with Crippen LogP contribution in [0.25, 0.3) is 0 Å². The number of nitrogen functional groups attached to an aromatic ring is 1. The van der Waals surface area contributed by atoms with Gasteiger partial charge in [0.05, 0.1) is 23.0 Å². The predicted molar refractivity (Wildman–Crippen MR) is 71.1 cm³/mol. The molecule has 0 atom stereocenters. The lowest BCUT2D eigenvalue weighted by molar-refractivity contribution is 0.656. The van der Waals surface area contributed by atoms with Gasteiger partial charge in [-0.05, 0) is 19.9 Å². The zero-order valence-electron chi connectivity index (χ0n) is 10.2. The molecule has 0 amide bonds. The summed E-state index contributed by atoms with van der Waals surface area (Å²) < 4.78 is 1.79. The maximum Gasteiger partial charge on any atom is 0.142 e. The molecule has 0 aliphatic rings. The average Bonchev–Trinajstić information content (AvgIpc) is 2.57. The Hall–Kier alpha value is -1.88. The number of amidine groups is 1. The van der Waals surface area contributed by atoms with Crippen LogP contribution in [-0.4, -0.2) is 20.6 Å². The van der Waals surface area contributed by atoms with Crippen molar-refractivity contribution < 1.29 is 0 Å². The van der Waals surface area contributed by atoms with Crippen molar-refractivity contribution in [2.45, 2.75) is 20.4 Å². The molecule has 0 aliphatic heterocycles. The lowest BCUT2D eigenvalue weighted by Gasteiger charge is -2.08. The molecule has 0 spiro atoms. The summed E-state index contributed by atoms with van der Waals surface area (Å²) in [5.74, 6) is -0.0433. The molecule has 0 radical (unpaired) electrons. The maximum absolute atomic E-state index is 7.50. The largest absolute Gasteiger partial charge is 0.382 e. The average molecular weight is 264 g/mol. The molecular weight excluding hydrogens is 250 g/mol. The van der Waals surface area contributed by atoms with Crippen LogP contribution in [0.1, 0.15) is 22.6 Å². The molecule has 3 N–H and O–H groups in total. The summed E-state index contributed by atoms with van der Waals surface area (Å²) in [6.07, 6.45) is 1.62. The lowest BCUT2D eigenvalue weighted by atomic mass is 10.2. The van der Waals surface area contributed by atoms with Gasteiger partial charge in [0.1, 0.15) is 11.5 Å². The van der Waals surface area contributed by atoms with Gasteiger partial charge in [-0.25, -0.2) is 0 Å². The van der Waals surface area contributed by atoms with Crippen molar-refractivity contribution in [3.8, 4) is 0 Å². The second-order valence-electron chi connectivity index (χ2n) is 4.07. The van der Waals surface area contributed by atoms with E-state index in [2.05, 4.69) is 10.1 Å². The van der Waals surface area contributed by atoms with Gasteiger partial charge in [0, 0.05) is 11.8 Å². The smallest absolute Gasteiger partial charge is 0.142 e. The van der Waals surface area contributed by atoms with Crippen molar-refractivity contribution in [1.82, 2.24) is 14.8 Å². The fourth-order valence-electron chi connectivity index (χ4n) is 1.80. The van der Waals surface area contributed by atoms with E-state index < -0.39 is 0 Å². The summed E-state index contributed by atoms with van der Waals surface area (Å²) >= 11 is 6.10. The Balaban J connectivity index is 2.40. The van der Waals surface area contributed by atoms with Gasteiger partial charge in [-0.3, -0.25) is 15.1 Å². The zero-order chi connectivity index (χ0) is 13.3. The van der Waals surface area contributed by atoms with Crippen LogP contribution in [0.5, 0.6) is 0 Å². The first-order chi connectivity index (χ1) is 8.50. The number of hydrogen-bond donors (Lipinski definition) is 2. The van der Waals surface area contributed by atoms with E-state index in [0.29, 0.717) is 17.3 Å². The molecule has 5 nitrogen and oxygen atoms in total. The highest BCUT2D eigenvalue weighted by Crippen LogP contribution is 2.20. The van der Waals surface area contributed by atoms with Crippen LogP contribution in [0, 0.1) is 19.3 Å². The van der Waals surface area contributed by atoms with Crippen LogP contribution in [0.15, 0.2) is 18.3 Å². The molecule has 0 aliphatic carbocycles. The van der Waals surface area contributed by atoms with E-state index in [9.17, 15) is 0 Å². The van der Waals surface area contributed by atoms with Crippen molar-refractivity contribution in [3.63, 3.8) is 0 Å². The molecule has 0 saturated heterocycles. The van der Waals surface area contributed by atoms with Crippen LogP contribution in [-0.2, 0) is 6.54 Å². The monoisotopic (exact) mass is 263 g/mol. The molecular formula is C12H14ClN5. The number of aryl methyl sites for hydroxylation is 1. The number of aromatic nitrogens is 3. The lowest BCUT2D eigenvalue weighted by Crippen LogP contribution is -2.17. The summed E-state index contributed by atoms with van der Waals surface area (Å²) in [4.78, 5) is 4.11. The van der Waals surface area contributed by atoms with Crippen molar-refractivity contribution in [2.24, 2.45) is 5.73 Å². The third kappa shape index (κ3) is 2.22. The predicted octanol–water partition coefficient (Wildman–Crippen LogP) is 1.88. The van der Waals surface area contributed by atoms with Crippen LogP contribution in [0.4, 0.5) is 0 Å². The highest BCUT2D eigenvalue weighted by molar-refractivity contribution is 6.31. The number of rotatable bonds is 3. The molecule has 0 saturated carbocycles. The molecule has 2 aromatic heterocycles. The first-order valence-corrected chi connectivity index (χ1v) is 5.86. The maximum atomic E-state index is 7.50. The van der Waals surface area contributed by atoms with Gasteiger partial charge in [0.25, 0.3) is 0 Å². The van der Waals surface area contributed by atoms with Gasteiger partial charge in [0.2, 0.25) is 0 Å². The number of hydrogen-bond acceptors (Lipinski definition) is 3. The number of pyridine rings is 1. The molecule has 6 heteroatoms. The molecule has 2 rings (SSSR count). The SMILES string of the molecule is Cc1nn(Cc2cccnc2C(=N)N)c(C)c1Cl. The fourth-order valence-corrected chi connectivity index (χ4v) is 1.93. The van der Waals surface area contributed by atoms with Gasteiger partial charge in [-0.1, -0.05) is 17.7 Å². The van der Waals surface area contributed by atoms with Crippen LogP contribution in [0.2, 0.25) is 5.02 Å². The van der Waals surface area contributed by atoms with E-state index in [-0.39, 0.29) is 5.84 Å². The number of nitrogens with one attached hydrogen (secondary N) is 1. The van der Waals surface area contributed by atoms with Gasteiger partial charge in [-0.15, -0.1) is 0 Å². The van der Waals surface area contributed by atoms with E-state index in [4.69, 9.17) is 22.7 Å². The van der Waals surface area contributed by atoms with E-state index >= 15 is 0 Å². The molecule has 2 heterocycles. The Morgan fingerprint density at radius 2 is 2.22 bits per heavy atom. The Morgan fingerprint density at radius 3 is 2.78 bits per heavy atom. The number of halogens is 1. The van der Waals surface area contributed by atoms with Crippen molar-refractivity contribution >= 4 is 17.4 Å². The summed E-state index contributed by atoms with van der Waals surface area (Å²) in [6.45, 7) is 4.27. The van der Waals surface area contributed by atoms with Gasteiger partial charge in [-0.2, -0.15) is 5.10 Å². The van der Waals surface area contributed by atoms with E-state index in [1.807, 2.05) is 26.0 Å². The van der Waals surface area contributed by atoms with Crippen molar-refractivity contribution in [3.05, 3.63) is 46.0 Å². The van der Waals surface area contributed by atoms with E-state index in [0.717, 1.165) is 17.0 Å². The first-order valence-electron chi connectivity index (χ1n) is 5.48. The van der Waals surface area contributed by atoms with E-state index in [1.54, 1.807) is 10.9 Å². The third-order valence-electron chi connectivity index (χ3n) is 2.76. The third-order valence-corrected chi connectivity index (χ3v) is 3.31. The molecule has 0 fully saturated rings. The van der Waals surface area contributed by atoms with Gasteiger partial charge >= 0.3 is 0 Å². The molecule has 18 heavy (non-hydrogen) atoms. The minimum absolute atomic E-state index is 0.0433. The van der Waals surface area contributed by atoms with Crippen molar-refractivity contribution in [2.75, 3.05) is 0 Å². The first kappa shape index (κ1) is 12.6. The molecule has 0 unspecified atom stereocenters. The van der Waals surface area contributed by atoms with Crippen molar-refractivity contribution in [1.29, 1.82) is 5.41 Å². The summed E-state index contributed by atoms with van der Waals surface area (Å²) in [5, 5.41) is 12.5. The van der Waals surface area contributed by atoms with Crippen LogP contribution in [0.3, 0.4) is 0 Å². The molecule has 2 aromatic rings. The molecule has 0 aromatic carbocycles. The highest BCUT2D eigenvalue weighted by atomic mass is 35.5. The topological polar surface area (TPSA) is 80.6 Å². The normalized spacial score (nSPS) is 10.6. The minimum Gasteiger partial charge on any atom is -0.382 e. The highest BCUT2D eigenvalue weighted by Gasteiger charge is 2.12. The molecule has 94 valence electrons. The Bertz CT molecular complexity index is 603. The molecule has 0 bridgehead atoms. The fraction of sp³-hybridized carbons (Fsp3) is 0.250. The summed E-state index contributed by atoms with van der Waals surface area (Å²) in [6, 6.07) is 3.70. The Kier molecular flexibility index (Phi) is 3.34. The number of nitrogens with two attached hydrogens (primary N) is 1. The second-order valence-corrected chi connectivity index (χ2v) is 4.45. The van der Waals surface area contributed by atoms with Gasteiger partial charge < -0.3 is 5.73 Å². The zero-order valence-corrected chi connectivity index (χ0v) is 11.0. The Morgan fingerprint density at radius 1 is 1.50 bits per heavy atom. The standard InChI is InChI=1S/C12H14ClN5/c1-7-10(13)8(2)18(17-7)6-9-4-3-5-16-11(9)12(14)15/h3-5H,6H2,1-2H3,(H3,14,15). The van der Waals surface area contributed by atoms with E-state index in [1.165, 1.54) is 0 Å². The Labute approximate surface area is 110 Å². The van der Waals surface area contributed by atoms with Crippen LogP contribution >= 0.6 is 11.6 Å². The summed E-state index contributed by atoms with van der Waals surface area (Å²) in [7, 11) is 0. The second kappa shape index (κ2) is 4.78. The van der Waals surface area contributed by atoms with Gasteiger partial charge in [0.15, 0.2) is 0 Å². The minimum atomic E-state index is -0.0433. The quantitative estimate of drug-likeness (QED) is 0.655. The summed E-state index contributed by atoms with van der Waals surface area (Å²) in [5.41, 5.74) is 8.54. The number of nitrogens with zero attached hydrogens (tertiary/aromatic N) is 3. The van der Waals surface area contributed by atoms with Crippen LogP contribution < -0.4 is 5.73 Å².